The van der Waals surface area contributed by atoms with E-state index in [1.807, 2.05) is 13.8 Å². The van der Waals surface area contributed by atoms with Crippen molar-refractivity contribution in [3.05, 3.63) is 42.0 Å². The van der Waals surface area contributed by atoms with Crippen LogP contribution in [0.15, 0.2) is 41.3 Å². The maximum atomic E-state index is 13.1. The molecule has 0 saturated carbocycles. The molecule has 186 valence electrons. The number of hydrogen-bond donors (Lipinski definition) is 0. The molecule has 0 unspecified atom stereocenters. The number of benzene rings is 2. The Morgan fingerprint density at radius 3 is 2.09 bits per heavy atom. The van der Waals surface area contributed by atoms with Gasteiger partial charge in [0.25, 0.3) is 5.91 Å². The summed E-state index contributed by atoms with van der Waals surface area (Å²) in [4.78, 5) is 17.2. The number of amides is 1. The largest absolute Gasteiger partial charge is 0.497 e. The average Bonchev–Trinajstić information content (AvgIpc) is 2.88. The van der Waals surface area contributed by atoms with Gasteiger partial charge in [-0.05, 0) is 30.3 Å². The molecule has 0 atom stereocenters. The maximum absolute atomic E-state index is 13.1. The van der Waals surface area contributed by atoms with E-state index in [1.54, 1.807) is 55.5 Å². The van der Waals surface area contributed by atoms with Crippen molar-refractivity contribution in [3.8, 4) is 17.2 Å². The van der Waals surface area contributed by atoms with Crippen molar-refractivity contribution in [2.45, 2.75) is 18.7 Å². The monoisotopic (exact) mass is 491 g/mol. The van der Waals surface area contributed by atoms with Crippen LogP contribution in [0.4, 0.5) is 5.69 Å². The van der Waals surface area contributed by atoms with Crippen molar-refractivity contribution in [3.63, 3.8) is 0 Å². The zero-order valence-electron chi connectivity index (χ0n) is 20.4. The van der Waals surface area contributed by atoms with Gasteiger partial charge < -0.3 is 24.0 Å². The molecule has 3 rings (SSSR count). The molecule has 0 aliphatic carbocycles. The Bertz CT molecular complexity index is 1110. The van der Waals surface area contributed by atoms with Crippen molar-refractivity contribution < 1.29 is 27.4 Å². The van der Waals surface area contributed by atoms with Gasteiger partial charge in [-0.25, -0.2) is 8.42 Å². The second-order valence-corrected chi connectivity index (χ2v) is 9.71. The van der Waals surface area contributed by atoms with Gasteiger partial charge in [-0.2, -0.15) is 4.31 Å². The van der Waals surface area contributed by atoms with Gasteiger partial charge in [-0.3, -0.25) is 4.79 Å². The molecule has 9 nitrogen and oxygen atoms in total. The van der Waals surface area contributed by atoms with Gasteiger partial charge in [-0.1, -0.05) is 13.8 Å². The highest BCUT2D eigenvalue weighted by molar-refractivity contribution is 7.89. The topological polar surface area (TPSA) is 88.6 Å². The number of rotatable bonds is 9. The molecule has 2 aromatic rings. The van der Waals surface area contributed by atoms with E-state index in [0.29, 0.717) is 67.8 Å². The Morgan fingerprint density at radius 1 is 0.882 bits per heavy atom. The summed E-state index contributed by atoms with van der Waals surface area (Å²) >= 11 is 0. The molecular formula is C24H33N3O6S. The number of hydrogen-bond acceptors (Lipinski definition) is 7. The fourth-order valence-corrected chi connectivity index (χ4v) is 5.56. The summed E-state index contributed by atoms with van der Waals surface area (Å²) in [5.74, 6) is 1.55. The lowest BCUT2D eigenvalue weighted by Crippen LogP contribution is -2.49. The van der Waals surface area contributed by atoms with Crippen LogP contribution in [-0.2, 0) is 10.0 Å². The minimum absolute atomic E-state index is 0.121. The van der Waals surface area contributed by atoms with Gasteiger partial charge in [0.05, 0.1) is 37.5 Å². The molecule has 0 aromatic heterocycles. The fraction of sp³-hybridized carbons (Fsp3) is 0.458. The van der Waals surface area contributed by atoms with Gasteiger partial charge in [0.1, 0.15) is 17.2 Å². The number of sulfonamides is 1. The Labute approximate surface area is 201 Å². The Hall–Kier alpha value is -2.98. The third kappa shape index (κ3) is 5.07. The lowest BCUT2D eigenvalue weighted by atomic mass is 10.1. The van der Waals surface area contributed by atoms with Crippen molar-refractivity contribution in [2.24, 2.45) is 0 Å². The van der Waals surface area contributed by atoms with Crippen LogP contribution in [0, 0.1) is 0 Å². The average molecular weight is 492 g/mol. The normalized spacial score (nSPS) is 14.3. The Morgan fingerprint density at radius 2 is 1.53 bits per heavy atom. The standard InChI is InChI=1S/C24H33N3O6S/c1-6-27(7-2)34(29,30)19-9-11-22(32-4)21(17-19)25-12-14-26(15-13-25)24(28)20-10-8-18(31-3)16-23(20)33-5/h8-11,16-17H,6-7,12-15H2,1-5H3. The van der Waals surface area contributed by atoms with Gasteiger partial charge >= 0.3 is 0 Å². The number of carbonyl (C=O) groups excluding carboxylic acids is 1. The molecule has 1 aliphatic rings. The van der Waals surface area contributed by atoms with Crippen molar-refractivity contribution >= 4 is 21.6 Å². The number of nitrogens with zero attached hydrogens (tertiary/aromatic N) is 3. The number of ether oxygens (including phenoxy) is 3. The molecule has 1 fully saturated rings. The second kappa shape index (κ2) is 11.0. The molecule has 1 amide bonds. The SMILES string of the molecule is CCN(CC)S(=O)(=O)c1ccc(OC)c(N2CCN(C(=O)c3ccc(OC)cc3OC)CC2)c1. The molecule has 2 aromatic carbocycles. The van der Waals surface area contributed by atoms with E-state index in [9.17, 15) is 13.2 Å². The number of piperazine rings is 1. The zero-order chi connectivity index (χ0) is 24.9. The summed E-state index contributed by atoms with van der Waals surface area (Å²) in [6.07, 6.45) is 0. The second-order valence-electron chi connectivity index (χ2n) is 7.77. The summed E-state index contributed by atoms with van der Waals surface area (Å²) < 4.78 is 43.6. The third-order valence-electron chi connectivity index (χ3n) is 6.04. The van der Waals surface area contributed by atoms with Crippen LogP contribution < -0.4 is 19.1 Å². The van der Waals surface area contributed by atoms with E-state index in [4.69, 9.17) is 14.2 Å². The fourth-order valence-electron chi connectivity index (χ4n) is 4.09. The maximum Gasteiger partial charge on any atom is 0.257 e. The van der Waals surface area contributed by atoms with E-state index in [1.165, 1.54) is 11.4 Å². The summed E-state index contributed by atoms with van der Waals surface area (Å²) in [5.41, 5.74) is 1.17. The number of methoxy groups -OCH3 is 3. The lowest BCUT2D eigenvalue weighted by molar-refractivity contribution is 0.0743. The lowest BCUT2D eigenvalue weighted by Gasteiger charge is -2.37. The van der Waals surface area contributed by atoms with E-state index < -0.39 is 10.0 Å². The Kier molecular flexibility index (Phi) is 8.27. The van der Waals surface area contributed by atoms with Crippen molar-refractivity contribution in [1.82, 2.24) is 9.21 Å². The first-order chi connectivity index (χ1) is 16.3. The highest BCUT2D eigenvalue weighted by atomic mass is 32.2. The van der Waals surface area contributed by atoms with E-state index in [2.05, 4.69) is 4.90 Å². The predicted octanol–water partition coefficient (Wildman–Crippen LogP) is 2.71. The smallest absolute Gasteiger partial charge is 0.257 e. The van der Waals surface area contributed by atoms with Gasteiger partial charge in [0.15, 0.2) is 0 Å². The molecule has 10 heteroatoms. The molecular weight excluding hydrogens is 458 g/mol. The zero-order valence-corrected chi connectivity index (χ0v) is 21.2. The first-order valence-electron chi connectivity index (χ1n) is 11.2. The van der Waals surface area contributed by atoms with E-state index in [0.717, 1.165) is 0 Å². The molecule has 34 heavy (non-hydrogen) atoms. The third-order valence-corrected chi connectivity index (χ3v) is 8.09. The molecule has 0 spiro atoms. The summed E-state index contributed by atoms with van der Waals surface area (Å²) in [5, 5.41) is 0. The summed E-state index contributed by atoms with van der Waals surface area (Å²) in [6.45, 7) is 6.46. The molecule has 0 bridgehead atoms. The van der Waals surface area contributed by atoms with Crippen LogP contribution in [0.3, 0.4) is 0 Å². The van der Waals surface area contributed by atoms with Gasteiger partial charge in [0.2, 0.25) is 10.0 Å². The highest BCUT2D eigenvalue weighted by Crippen LogP contribution is 2.33. The first-order valence-corrected chi connectivity index (χ1v) is 12.7. The van der Waals surface area contributed by atoms with Gasteiger partial charge in [0, 0.05) is 45.3 Å². The van der Waals surface area contributed by atoms with Gasteiger partial charge in [-0.15, -0.1) is 0 Å². The quantitative estimate of drug-likeness (QED) is 0.533. The van der Waals surface area contributed by atoms with E-state index in [-0.39, 0.29) is 10.8 Å². The van der Waals surface area contributed by atoms with E-state index >= 15 is 0 Å². The minimum Gasteiger partial charge on any atom is -0.497 e. The van der Waals surface area contributed by atoms with Crippen molar-refractivity contribution in [2.75, 3.05) is 65.5 Å². The van der Waals surface area contributed by atoms with Crippen molar-refractivity contribution in [1.29, 1.82) is 0 Å². The molecule has 1 heterocycles. The van der Waals surface area contributed by atoms with Crippen LogP contribution in [-0.4, -0.2) is 84.1 Å². The van der Waals surface area contributed by atoms with Crippen LogP contribution in [0.5, 0.6) is 17.2 Å². The first kappa shape index (κ1) is 25.6. The van der Waals surface area contributed by atoms with Crippen LogP contribution in [0.25, 0.3) is 0 Å². The van der Waals surface area contributed by atoms with Crippen LogP contribution in [0.1, 0.15) is 24.2 Å². The van der Waals surface area contributed by atoms with Crippen LogP contribution in [0.2, 0.25) is 0 Å². The molecule has 1 saturated heterocycles. The highest BCUT2D eigenvalue weighted by Gasteiger charge is 2.28. The number of carbonyl (C=O) groups is 1. The Balaban J connectivity index is 1.80. The molecule has 0 N–H and O–H groups in total. The molecule has 0 radical (unpaired) electrons. The van der Waals surface area contributed by atoms with Crippen LogP contribution >= 0.6 is 0 Å². The summed E-state index contributed by atoms with van der Waals surface area (Å²) in [7, 11) is 1.05. The summed E-state index contributed by atoms with van der Waals surface area (Å²) in [6, 6.07) is 10.1. The molecule has 1 aliphatic heterocycles. The minimum atomic E-state index is -3.60. The number of anilines is 1. The predicted molar refractivity (Wildman–Crippen MR) is 131 cm³/mol.